The summed E-state index contributed by atoms with van der Waals surface area (Å²) in [6.45, 7) is 13.6. The standard InChI is InChI=1S/C14H26/c1-6-7-8-14(5)10-12(2)9-13(3,4)11-14/h6,12H,1,7-11H2,2-5H3. The highest BCUT2D eigenvalue weighted by atomic mass is 14.4. The Labute approximate surface area is 89.8 Å². The molecule has 0 heterocycles. The van der Waals surface area contributed by atoms with E-state index < -0.39 is 0 Å². The lowest BCUT2D eigenvalue weighted by Crippen LogP contribution is -2.34. The van der Waals surface area contributed by atoms with Gasteiger partial charge in [0.25, 0.3) is 0 Å². The van der Waals surface area contributed by atoms with Crippen LogP contribution < -0.4 is 0 Å². The van der Waals surface area contributed by atoms with Gasteiger partial charge in [-0.1, -0.05) is 33.8 Å². The van der Waals surface area contributed by atoms with Crippen molar-refractivity contribution in [3.8, 4) is 0 Å². The number of allylic oxidation sites excluding steroid dienone is 1. The minimum Gasteiger partial charge on any atom is -0.103 e. The van der Waals surface area contributed by atoms with E-state index >= 15 is 0 Å². The first-order valence-corrected chi connectivity index (χ1v) is 5.98. The van der Waals surface area contributed by atoms with E-state index in [0.29, 0.717) is 10.8 Å². The molecule has 0 radical (unpaired) electrons. The third-order valence-electron chi connectivity index (χ3n) is 3.60. The molecule has 1 fully saturated rings. The molecule has 1 saturated carbocycles. The highest BCUT2D eigenvalue weighted by Gasteiger charge is 2.38. The van der Waals surface area contributed by atoms with Crippen LogP contribution in [-0.4, -0.2) is 0 Å². The van der Waals surface area contributed by atoms with E-state index in [1.165, 1.54) is 32.1 Å². The second kappa shape index (κ2) is 4.08. The quantitative estimate of drug-likeness (QED) is 0.566. The van der Waals surface area contributed by atoms with Gasteiger partial charge in [0.2, 0.25) is 0 Å². The number of hydrogen-bond donors (Lipinski definition) is 0. The molecule has 0 aromatic carbocycles. The van der Waals surface area contributed by atoms with Gasteiger partial charge in [-0.2, -0.15) is 0 Å². The monoisotopic (exact) mass is 194 g/mol. The fourth-order valence-corrected chi connectivity index (χ4v) is 3.80. The van der Waals surface area contributed by atoms with Crippen LogP contribution >= 0.6 is 0 Å². The first-order chi connectivity index (χ1) is 6.37. The molecule has 0 N–H and O–H groups in total. The van der Waals surface area contributed by atoms with Crippen molar-refractivity contribution in [2.75, 3.05) is 0 Å². The average Bonchev–Trinajstić information content (AvgIpc) is 1.96. The molecule has 82 valence electrons. The summed E-state index contributed by atoms with van der Waals surface area (Å²) < 4.78 is 0. The molecule has 2 atom stereocenters. The van der Waals surface area contributed by atoms with Gasteiger partial charge in [-0.25, -0.2) is 0 Å². The summed E-state index contributed by atoms with van der Waals surface area (Å²) >= 11 is 0. The van der Waals surface area contributed by atoms with E-state index in [2.05, 4.69) is 40.3 Å². The smallest absolute Gasteiger partial charge is 0.0315 e. The van der Waals surface area contributed by atoms with Crippen LogP contribution in [-0.2, 0) is 0 Å². The molecular weight excluding hydrogens is 168 g/mol. The topological polar surface area (TPSA) is 0 Å². The Kier molecular flexibility index (Phi) is 3.44. The summed E-state index contributed by atoms with van der Waals surface area (Å²) in [5.74, 6) is 0.897. The zero-order valence-corrected chi connectivity index (χ0v) is 10.4. The minimum atomic E-state index is 0.549. The van der Waals surface area contributed by atoms with Crippen LogP contribution in [0.5, 0.6) is 0 Å². The number of hydrogen-bond acceptors (Lipinski definition) is 0. The van der Waals surface area contributed by atoms with Crippen LogP contribution in [0.3, 0.4) is 0 Å². The van der Waals surface area contributed by atoms with Gasteiger partial charge >= 0.3 is 0 Å². The van der Waals surface area contributed by atoms with Crippen molar-refractivity contribution in [2.45, 2.75) is 59.8 Å². The first-order valence-electron chi connectivity index (χ1n) is 5.98. The SMILES string of the molecule is C=CCCC1(C)CC(C)CC(C)(C)C1. The molecule has 0 heteroatoms. The fraction of sp³-hybridized carbons (Fsp3) is 0.857. The van der Waals surface area contributed by atoms with Crippen LogP contribution in [0.4, 0.5) is 0 Å². The van der Waals surface area contributed by atoms with Crippen molar-refractivity contribution >= 4 is 0 Å². The molecular formula is C14H26. The highest BCUT2D eigenvalue weighted by molar-refractivity contribution is 4.91. The molecule has 1 aliphatic rings. The van der Waals surface area contributed by atoms with Gasteiger partial charge in [0.1, 0.15) is 0 Å². The Morgan fingerprint density at radius 1 is 1.29 bits per heavy atom. The van der Waals surface area contributed by atoms with Crippen molar-refractivity contribution in [3.05, 3.63) is 12.7 Å². The Balaban J connectivity index is 2.63. The summed E-state index contributed by atoms with van der Waals surface area (Å²) in [6, 6.07) is 0. The molecule has 1 aliphatic carbocycles. The normalized spacial score (nSPS) is 36.7. The van der Waals surface area contributed by atoms with Gasteiger partial charge in [-0.05, 0) is 48.9 Å². The zero-order chi connectivity index (χ0) is 10.8. The lowest BCUT2D eigenvalue weighted by Gasteiger charge is -2.46. The molecule has 0 spiro atoms. The van der Waals surface area contributed by atoms with E-state index in [-0.39, 0.29) is 0 Å². The van der Waals surface area contributed by atoms with E-state index in [4.69, 9.17) is 0 Å². The van der Waals surface area contributed by atoms with Gasteiger partial charge in [-0.3, -0.25) is 0 Å². The third-order valence-corrected chi connectivity index (χ3v) is 3.60. The summed E-state index contributed by atoms with van der Waals surface area (Å²) in [5, 5.41) is 0. The van der Waals surface area contributed by atoms with Crippen LogP contribution in [0.15, 0.2) is 12.7 Å². The molecule has 0 aromatic rings. The second-order valence-corrected chi connectivity index (χ2v) is 6.49. The minimum absolute atomic E-state index is 0.549. The van der Waals surface area contributed by atoms with Crippen molar-refractivity contribution in [2.24, 2.45) is 16.7 Å². The second-order valence-electron chi connectivity index (χ2n) is 6.49. The maximum atomic E-state index is 3.83. The van der Waals surface area contributed by atoms with Gasteiger partial charge in [0.05, 0.1) is 0 Å². The third kappa shape index (κ3) is 3.15. The van der Waals surface area contributed by atoms with E-state index in [0.717, 1.165) is 5.92 Å². The maximum absolute atomic E-state index is 3.83. The zero-order valence-electron chi connectivity index (χ0n) is 10.4. The molecule has 0 amide bonds. The van der Waals surface area contributed by atoms with Crippen molar-refractivity contribution in [1.29, 1.82) is 0 Å². The highest BCUT2D eigenvalue weighted by Crippen LogP contribution is 2.50. The molecule has 0 saturated heterocycles. The Bertz CT molecular complexity index is 202. The molecule has 0 aromatic heterocycles. The molecule has 14 heavy (non-hydrogen) atoms. The molecule has 1 rings (SSSR count). The Morgan fingerprint density at radius 2 is 1.93 bits per heavy atom. The summed E-state index contributed by atoms with van der Waals surface area (Å²) in [4.78, 5) is 0. The summed E-state index contributed by atoms with van der Waals surface area (Å²) in [5.41, 5.74) is 1.11. The molecule has 2 unspecified atom stereocenters. The largest absolute Gasteiger partial charge is 0.103 e. The number of rotatable bonds is 3. The first kappa shape index (κ1) is 11.8. The Morgan fingerprint density at radius 3 is 2.43 bits per heavy atom. The van der Waals surface area contributed by atoms with E-state index in [9.17, 15) is 0 Å². The lowest BCUT2D eigenvalue weighted by molar-refractivity contribution is 0.0551. The predicted octanol–water partition coefficient (Wildman–Crippen LogP) is 4.81. The molecule has 0 aliphatic heterocycles. The van der Waals surface area contributed by atoms with E-state index in [1.54, 1.807) is 0 Å². The van der Waals surface area contributed by atoms with Crippen molar-refractivity contribution in [1.82, 2.24) is 0 Å². The molecule has 0 nitrogen and oxygen atoms in total. The maximum Gasteiger partial charge on any atom is -0.0315 e. The summed E-state index contributed by atoms with van der Waals surface area (Å²) in [7, 11) is 0. The van der Waals surface area contributed by atoms with Crippen LogP contribution in [0.1, 0.15) is 59.8 Å². The lowest BCUT2D eigenvalue weighted by atomic mass is 9.60. The Hall–Kier alpha value is -0.260. The van der Waals surface area contributed by atoms with Crippen LogP contribution in [0.25, 0.3) is 0 Å². The predicted molar refractivity (Wildman–Crippen MR) is 64.3 cm³/mol. The molecule has 0 bridgehead atoms. The van der Waals surface area contributed by atoms with Gasteiger partial charge in [0.15, 0.2) is 0 Å². The van der Waals surface area contributed by atoms with Crippen LogP contribution in [0, 0.1) is 16.7 Å². The van der Waals surface area contributed by atoms with E-state index in [1.807, 2.05) is 0 Å². The van der Waals surface area contributed by atoms with Crippen LogP contribution in [0.2, 0.25) is 0 Å². The average molecular weight is 194 g/mol. The van der Waals surface area contributed by atoms with Crippen molar-refractivity contribution < 1.29 is 0 Å². The van der Waals surface area contributed by atoms with Gasteiger partial charge in [0, 0.05) is 0 Å². The van der Waals surface area contributed by atoms with Gasteiger partial charge in [-0.15, -0.1) is 6.58 Å². The van der Waals surface area contributed by atoms with Gasteiger partial charge < -0.3 is 0 Å². The summed E-state index contributed by atoms with van der Waals surface area (Å²) in [6.07, 6.45) is 8.76. The fourth-order valence-electron chi connectivity index (χ4n) is 3.80. The van der Waals surface area contributed by atoms with Crippen molar-refractivity contribution in [3.63, 3.8) is 0 Å².